The fraction of sp³-hybridized carbons (Fsp3) is 0. The van der Waals surface area contributed by atoms with E-state index in [1.54, 1.807) is 0 Å². The van der Waals surface area contributed by atoms with Crippen LogP contribution >= 0.6 is 0 Å². The molecule has 0 aliphatic carbocycles. The van der Waals surface area contributed by atoms with E-state index < -0.39 is 0 Å². The van der Waals surface area contributed by atoms with Crippen molar-refractivity contribution in [2.45, 2.75) is 0 Å². The molecule has 9 heteroatoms. The predicted molar refractivity (Wildman–Crippen MR) is 203 cm³/mol. The Morgan fingerprint density at radius 3 is 1.49 bits per heavy atom. The third kappa shape index (κ3) is 8.13. The van der Waals surface area contributed by atoms with Crippen LogP contribution in [-0.4, -0.2) is 40.3 Å². The smallest absolute Gasteiger partial charge is 0.201 e. The van der Waals surface area contributed by atoms with E-state index in [0.717, 1.165) is 49.8 Å². The second-order valence-corrected chi connectivity index (χ2v) is 11.6. The van der Waals surface area contributed by atoms with Crippen molar-refractivity contribution < 1.29 is 20.1 Å². The molecule has 0 saturated carbocycles. The second kappa shape index (κ2) is 16.6. The molecule has 1 radical (unpaired) electrons. The molecule has 9 aromatic rings. The van der Waals surface area contributed by atoms with Gasteiger partial charge in [0.1, 0.15) is 11.6 Å². The van der Waals surface area contributed by atoms with Crippen LogP contribution in [-0.2, 0) is 20.1 Å². The summed E-state index contributed by atoms with van der Waals surface area (Å²) in [4.78, 5) is 19.1. The van der Waals surface area contributed by atoms with E-state index in [0.29, 0.717) is 29.1 Å². The molecule has 3 heterocycles. The van der Waals surface area contributed by atoms with Gasteiger partial charge in [-0.15, -0.1) is 75.9 Å². The minimum Gasteiger partial charge on any atom is -0.304 e. The maximum atomic E-state index is 4.84. The number of nitrogens with zero attached hydrogens (tertiary/aromatic N) is 8. The molecule has 0 amide bonds. The topological polar surface area (TPSA) is 103 Å². The Morgan fingerprint density at radius 1 is 0.377 bits per heavy atom. The van der Waals surface area contributed by atoms with Crippen molar-refractivity contribution in [3.8, 4) is 68.2 Å². The summed E-state index contributed by atoms with van der Waals surface area (Å²) in [7, 11) is 0. The summed E-state index contributed by atoms with van der Waals surface area (Å²) in [6.07, 6.45) is 1.84. The van der Waals surface area contributed by atoms with Gasteiger partial charge in [0, 0.05) is 43.0 Å². The normalized spacial score (nSPS) is 10.5. The molecule has 0 N–H and O–H groups in total. The van der Waals surface area contributed by atoms with Crippen LogP contribution in [0.5, 0.6) is 0 Å². The molecule has 0 spiro atoms. The van der Waals surface area contributed by atoms with Gasteiger partial charge >= 0.3 is 0 Å². The van der Waals surface area contributed by atoms with E-state index >= 15 is 0 Å². The average molecular weight is 861 g/mol. The third-order valence-corrected chi connectivity index (χ3v) is 8.15. The van der Waals surface area contributed by atoms with Crippen LogP contribution in [0.2, 0.25) is 0 Å². The van der Waals surface area contributed by atoms with Gasteiger partial charge in [0.15, 0.2) is 11.6 Å². The zero-order chi connectivity index (χ0) is 35.0. The van der Waals surface area contributed by atoms with E-state index in [9.17, 15) is 0 Å². The van der Waals surface area contributed by atoms with Gasteiger partial charge < -0.3 is 4.98 Å². The van der Waals surface area contributed by atoms with Crippen molar-refractivity contribution in [2.75, 3.05) is 0 Å². The molecule has 0 saturated heterocycles. The summed E-state index contributed by atoms with van der Waals surface area (Å²) >= 11 is 0. The van der Waals surface area contributed by atoms with Crippen LogP contribution < -0.4 is 0 Å². The molecular weight excluding hydrogens is 833 g/mol. The SMILES string of the molecule is [Ir].[c-]1ccc(-c2nc(-c3ccccc3)nc(-c3ccccc3)n2)cc1-c1nccc2ccccc12.[c-]1ccccc1-c1nnc(-c2ccccc2)nn1. The van der Waals surface area contributed by atoms with Gasteiger partial charge in [0.25, 0.3) is 0 Å². The maximum Gasteiger partial charge on any atom is 0.201 e. The summed E-state index contributed by atoms with van der Waals surface area (Å²) in [6, 6.07) is 59.7. The van der Waals surface area contributed by atoms with Gasteiger partial charge in [-0.05, 0) is 22.5 Å². The minimum atomic E-state index is 0. The maximum absolute atomic E-state index is 4.84. The molecule has 0 unspecified atom stereocenters. The fourth-order valence-electron chi connectivity index (χ4n) is 5.59. The van der Waals surface area contributed by atoms with E-state index in [1.165, 1.54) is 0 Å². The third-order valence-electron chi connectivity index (χ3n) is 8.15. The van der Waals surface area contributed by atoms with Gasteiger partial charge in [-0.1, -0.05) is 121 Å². The number of hydrogen-bond acceptors (Lipinski definition) is 8. The van der Waals surface area contributed by atoms with Crippen LogP contribution in [0, 0.1) is 12.1 Å². The molecule has 0 aliphatic heterocycles. The second-order valence-electron chi connectivity index (χ2n) is 11.6. The van der Waals surface area contributed by atoms with Crippen LogP contribution in [0.15, 0.2) is 170 Å². The van der Waals surface area contributed by atoms with Crippen LogP contribution in [0.1, 0.15) is 0 Å². The first-order valence-electron chi connectivity index (χ1n) is 16.6. The molecule has 6 aromatic carbocycles. The van der Waals surface area contributed by atoms with Gasteiger partial charge in [-0.3, -0.25) is 0 Å². The zero-order valence-electron chi connectivity index (χ0n) is 28.1. The van der Waals surface area contributed by atoms with Crippen LogP contribution in [0.3, 0.4) is 0 Å². The van der Waals surface area contributed by atoms with Crippen molar-refractivity contribution >= 4 is 10.8 Å². The number of pyridine rings is 1. The first-order chi connectivity index (χ1) is 25.8. The number of hydrogen-bond donors (Lipinski definition) is 0. The summed E-state index contributed by atoms with van der Waals surface area (Å²) in [6.45, 7) is 0. The molecule has 0 bridgehead atoms. The summed E-state index contributed by atoms with van der Waals surface area (Å²) < 4.78 is 0. The number of benzene rings is 6. The van der Waals surface area contributed by atoms with E-state index in [4.69, 9.17) is 15.0 Å². The Kier molecular flexibility index (Phi) is 10.9. The molecular formula is C44H28IrN8-2. The molecule has 53 heavy (non-hydrogen) atoms. The Balaban J connectivity index is 0.000000194. The summed E-state index contributed by atoms with van der Waals surface area (Å²) in [5.41, 5.74) is 6.26. The van der Waals surface area contributed by atoms with Gasteiger partial charge in [0.2, 0.25) is 5.82 Å². The van der Waals surface area contributed by atoms with E-state index in [1.807, 2.05) is 158 Å². The molecule has 9 rings (SSSR count). The summed E-state index contributed by atoms with van der Waals surface area (Å²) in [5.74, 6) is 2.90. The average Bonchev–Trinajstić information content (AvgIpc) is 3.25. The monoisotopic (exact) mass is 861 g/mol. The predicted octanol–water partition coefficient (Wildman–Crippen LogP) is 9.29. The van der Waals surface area contributed by atoms with Crippen LogP contribution in [0.4, 0.5) is 0 Å². The molecule has 0 aliphatic rings. The van der Waals surface area contributed by atoms with Crippen molar-refractivity contribution in [3.63, 3.8) is 0 Å². The molecule has 0 fully saturated rings. The largest absolute Gasteiger partial charge is 0.304 e. The zero-order valence-corrected chi connectivity index (χ0v) is 30.5. The fourth-order valence-corrected chi connectivity index (χ4v) is 5.59. The number of rotatable bonds is 6. The Bertz CT molecular complexity index is 2430. The van der Waals surface area contributed by atoms with Gasteiger partial charge in [-0.2, -0.15) is 10.2 Å². The van der Waals surface area contributed by atoms with Crippen LogP contribution in [0.25, 0.3) is 79.0 Å². The first kappa shape index (κ1) is 34.8. The molecule has 0 atom stereocenters. The molecule has 255 valence electrons. The van der Waals surface area contributed by atoms with E-state index in [2.05, 4.69) is 49.6 Å². The van der Waals surface area contributed by atoms with Crippen molar-refractivity contribution in [2.24, 2.45) is 0 Å². The number of fused-ring (bicyclic) bond motifs is 1. The Morgan fingerprint density at radius 2 is 0.887 bits per heavy atom. The molecule has 8 nitrogen and oxygen atoms in total. The van der Waals surface area contributed by atoms with Crippen molar-refractivity contribution in [1.82, 2.24) is 40.3 Å². The van der Waals surface area contributed by atoms with Crippen molar-refractivity contribution in [1.29, 1.82) is 0 Å². The van der Waals surface area contributed by atoms with Gasteiger partial charge in [0.05, 0.1) is 0 Å². The Hall–Kier alpha value is -6.67. The first-order valence-corrected chi connectivity index (χ1v) is 16.6. The standard InChI is InChI=1S/C30H19N4.C14H9N4.Ir/c1-3-11-22(12-4-1)28-32-29(23-13-5-2-6-14-23)34-30(33-28)25-16-9-15-24(20-25)27-26-17-8-7-10-21(26)18-19-31-27;1-3-7-11(8-4-1)13-15-17-14(18-16-13)12-9-5-2-6-10-12;/h1-14,16-20H;1-9H;/q2*-1;. The quantitative estimate of drug-likeness (QED) is 0.153. The van der Waals surface area contributed by atoms with E-state index in [-0.39, 0.29) is 20.1 Å². The van der Waals surface area contributed by atoms with Crippen molar-refractivity contribution in [3.05, 3.63) is 182 Å². The Labute approximate surface area is 320 Å². The molecule has 3 aromatic heterocycles. The minimum absolute atomic E-state index is 0. The van der Waals surface area contributed by atoms with Gasteiger partial charge in [-0.25, -0.2) is 15.0 Å². The number of aromatic nitrogens is 8. The summed E-state index contributed by atoms with van der Waals surface area (Å²) in [5, 5.41) is 18.5.